The number of hydrogen-bond acceptors (Lipinski definition) is 6. The quantitative estimate of drug-likeness (QED) is 0.651. The zero-order chi connectivity index (χ0) is 18.0. The van der Waals surface area contributed by atoms with Crippen LogP contribution in [0.25, 0.3) is 4.96 Å². The molecule has 6 nitrogen and oxygen atoms in total. The van der Waals surface area contributed by atoms with Crippen LogP contribution in [-0.2, 0) is 13.0 Å². The highest BCUT2D eigenvalue weighted by Crippen LogP contribution is 2.34. The number of halogens is 2. The summed E-state index contributed by atoms with van der Waals surface area (Å²) in [7, 11) is 0. The largest absolute Gasteiger partial charge is 0.491 e. The van der Waals surface area contributed by atoms with E-state index >= 15 is 0 Å². The Morgan fingerprint density at radius 3 is 2.88 bits per heavy atom. The predicted octanol–water partition coefficient (Wildman–Crippen LogP) is 3.63. The number of aryl methyl sites for hydroxylation is 1. The van der Waals surface area contributed by atoms with E-state index in [4.69, 9.17) is 4.74 Å². The lowest BCUT2D eigenvalue weighted by Crippen LogP contribution is -2.17. The van der Waals surface area contributed by atoms with Crippen molar-refractivity contribution in [3.8, 4) is 5.75 Å². The predicted molar refractivity (Wildman–Crippen MR) is 99.1 cm³/mol. The molecule has 0 atom stereocenters. The molecule has 0 radical (unpaired) electrons. The van der Waals surface area contributed by atoms with Gasteiger partial charge in [-0.1, -0.05) is 18.3 Å². The van der Waals surface area contributed by atoms with Crippen molar-refractivity contribution in [2.75, 3.05) is 11.9 Å². The van der Waals surface area contributed by atoms with Gasteiger partial charge in [-0.2, -0.15) is 9.61 Å². The van der Waals surface area contributed by atoms with E-state index in [0.29, 0.717) is 33.2 Å². The standard InChI is InChI=1S/C16H16BrFN4O2S/c1-3-13-21-22-14(23)7-10(20-16(22)25-13)8-19-12-6-9(18)5-11(17)15(12)24-4-2/h5-7,19H,3-4,8H2,1-2H3. The van der Waals surface area contributed by atoms with E-state index in [0.717, 1.165) is 11.4 Å². The second-order valence-electron chi connectivity index (χ2n) is 5.18. The van der Waals surface area contributed by atoms with Crippen molar-refractivity contribution >= 4 is 37.9 Å². The van der Waals surface area contributed by atoms with E-state index < -0.39 is 5.82 Å². The Kier molecular flexibility index (Phi) is 5.33. The number of ether oxygens (including phenoxy) is 1. The Balaban J connectivity index is 1.89. The van der Waals surface area contributed by atoms with E-state index in [1.807, 2.05) is 13.8 Å². The summed E-state index contributed by atoms with van der Waals surface area (Å²) in [5.41, 5.74) is 0.816. The SMILES string of the molecule is CCOc1c(Br)cc(F)cc1NCc1cc(=O)n2nc(CC)sc2n1. The molecule has 25 heavy (non-hydrogen) atoms. The van der Waals surface area contributed by atoms with Crippen LogP contribution in [0.4, 0.5) is 10.1 Å². The van der Waals surface area contributed by atoms with Gasteiger partial charge in [0.2, 0.25) is 4.96 Å². The van der Waals surface area contributed by atoms with Gasteiger partial charge < -0.3 is 10.1 Å². The van der Waals surface area contributed by atoms with E-state index in [1.165, 1.54) is 34.1 Å². The van der Waals surface area contributed by atoms with E-state index in [2.05, 4.69) is 31.3 Å². The van der Waals surface area contributed by atoms with Gasteiger partial charge in [-0.25, -0.2) is 9.37 Å². The van der Waals surface area contributed by atoms with Crippen LogP contribution >= 0.6 is 27.3 Å². The van der Waals surface area contributed by atoms with Crippen molar-refractivity contribution in [3.63, 3.8) is 0 Å². The smallest absolute Gasteiger partial charge is 0.275 e. The summed E-state index contributed by atoms with van der Waals surface area (Å²) in [4.78, 5) is 17.2. The minimum absolute atomic E-state index is 0.233. The summed E-state index contributed by atoms with van der Waals surface area (Å²) in [6.45, 7) is 4.54. The number of aromatic nitrogens is 3. The third kappa shape index (κ3) is 3.82. The van der Waals surface area contributed by atoms with Crippen molar-refractivity contribution < 1.29 is 9.13 Å². The van der Waals surface area contributed by atoms with Crippen molar-refractivity contribution in [3.05, 3.63) is 49.5 Å². The van der Waals surface area contributed by atoms with Gasteiger partial charge in [0.25, 0.3) is 5.56 Å². The molecule has 3 rings (SSSR count). The maximum absolute atomic E-state index is 13.7. The fourth-order valence-electron chi connectivity index (χ4n) is 2.30. The van der Waals surface area contributed by atoms with Crippen LogP contribution in [-0.4, -0.2) is 21.2 Å². The lowest BCUT2D eigenvalue weighted by molar-refractivity contribution is 0.339. The van der Waals surface area contributed by atoms with E-state index in [1.54, 1.807) is 0 Å². The van der Waals surface area contributed by atoms with Gasteiger partial charge in [-0.3, -0.25) is 4.79 Å². The van der Waals surface area contributed by atoms with E-state index in [-0.39, 0.29) is 12.1 Å². The molecule has 0 saturated heterocycles. The molecule has 2 aromatic heterocycles. The highest BCUT2D eigenvalue weighted by Gasteiger charge is 2.12. The Morgan fingerprint density at radius 2 is 2.16 bits per heavy atom. The summed E-state index contributed by atoms with van der Waals surface area (Å²) in [6.07, 6.45) is 0.746. The second kappa shape index (κ2) is 7.49. The summed E-state index contributed by atoms with van der Waals surface area (Å²) < 4.78 is 21.1. The fourth-order valence-corrected chi connectivity index (χ4v) is 3.70. The van der Waals surface area contributed by atoms with Crippen LogP contribution in [0.15, 0.2) is 27.5 Å². The molecule has 0 aliphatic heterocycles. The molecule has 1 N–H and O–H groups in total. The first-order valence-electron chi connectivity index (χ1n) is 7.76. The highest BCUT2D eigenvalue weighted by molar-refractivity contribution is 9.10. The summed E-state index contributed by atoms with van der Waals surface area (Å²) in [5.74, 6) is 0.129. The van der Waals surface area contributed by atoms with Crippen molar-refractivity contribution in [2.45, 2.75) is 26.8 Å². The summed E-state index contributed by atoms with van der Waals surface area (Å²) >= 11 is 4.68. The normalized spacial score (nSPS) is 11.0. The Bertz CT molecular complexity index is 973. The van der Waals surface area contributed by atoms with E-state index in [9.17, 15) is 9.18 Å². The number of benzene rings is 1. The lowest BCUT2D eigenvalue weighted by Gasteiger charge is -2.14. The van der Waals surface area contributed by atoms with Gasteiger partial charge >= 0.3 is 0 Å². The number of nitrogens with zero attached hydrogens (tertiary/aromatic N) is 3. The van der Waals surface area contributed by atoms with Crippen LogP contribution in [0.2, 0.25) is 0 Å². The number of rotatable bonds is 6. The molecule has 3 aromatic rings. The molecule has 0 bridgehead atoms. The highest BCUT2D eigenvalue weighted by atomic mass is 79.9. The maximum atomic E-state index is 13.7. The third-order valence-electron chi connectivity index (χ3n) is 3.40. The minimum Gasteiger partial charge on any atom is -0.491 e. The molecule has 9 heteroatoms. The third-order valence-corrected chi connectivity index (χ3v) is 5.04. The van der Waals surface area contributed by atoms with Crippen LogP contribution in [0.1, 0.15) is 24.5 Å². The molecule has 0 aliphatic rings. The molecule has 2 heterocycles. The number of anilines is 1. The maximum Gasteiger partial charge on any atom is 0.275 e. The number of nitrogens with one attached hydrogen (secondary N) is 1. The zero-order valence-electron chi connectivity index (χ0n) is 13.7. The minimum atomic E-state index is -0.392. The zero-order valence-corrected chi connectivity index (χ0v) is 16.1. The van der Waals surface area contributed by atoms with Gasteiger partial charge in [0.05, 0.1) is 29.0 Å². The Labute approximate surface area is 155 Å². The molecule has 0 spiro atoms. The molecular weight excluding hydrogens is 411 g/mol. The van der Waals surface area contributed by atoms with Gasteiger partial charge in [0.1, 0.15) is 10.8 Å². The average molecular weight is 427 g/mol. The van der Waals surface area contributed by atoms with Gasteiger partial charge in [-0.15, -0.1) is 0 Å². The summed E-state index contributed by atoms with van der Waals surface area (Å²) in [6, 6.07) is 4.12. The fraction of sp³-hybridized carbons (Fsp3) is 0.312. The molecule has 1 aromatic carbocycles. The van der Waals surface area contributed by atoms with Gasteiger partial charge in [0, 0.05) is 12.1 Å². The topological polar surface area (TPSA) is 68.5 Å². The molecule has 0 unspecified atom stereocenters. The Hall–Kier alpha value is -2.00. The first kappa shape index (κ1) is 17.8. The summed E-state index contributed by atoms with van der Waals surface area (Å²) in [5, 5.41) is 8.15. The first-order valence-corrected chi connectivity index (χ1v) is 9.37. The molecule has 0 saturated carbocycles. The monoisotopic (exact) mass is 426 g/mol. The van der Waals surface area contributed by atoms with Crippen LogP contribution in [0.3, 0.4) is 0 Å². The molecule has 132 valence electrons. The van der Waals surface area contributed by atoms with Crippen LogP contribution < -0.4 is 15.6 Å². The van der Waals surface area contributed by atoms with Crippen LogP contribution in [0.5, 0.6) is 5.75 Å². The number of hydrogen-bond donors (Lipinski definition) is 1. The first-order chi connectivity index (χ1) is 12.0. The van der Waals surface area contributed by atoms with Crippen molar-refractivity contribution in [1.29, 1.82) is 0 Å². The van der Waals surface area contributed by atoms with Crippen molar-refractivity contribution in [1.82, 2.24) is 14.6 Å². The van der Waals surface area contributed by atoms with Crippen molar-refractivity contribution in [2.24, 2.45) is 0 Å². The molecular formula is C16H16BrFN4O2S. The lowest BCUT2D eigenvalue weighted by atomic mass is 10.2. The van der Waals surface area contributed by atoms with Gasteiger partial charge in [0.15, 0.2) is 5.75 Å². The molecule has 0 fully saturated rings. The van der Waals surface area contributed by atoms with Gasteiger partial charge in [-0.05, 0) is 35.3 Å². The average Bonchev–Trinajstić information content (AvgIpc) is 2.99. The number of fused-ring (bicyclic) bond motifs is 1. The Morgan fingerprint density at radius 1 is 1.36 bits per heavy atom. The molecule has 0 aliphatic carbocycles. The second-order valence-corrected chi connectivity index (χ2v) is 7.08. The van der Waals surface area contributed by atoms with Crippen LogP contribution in [0, 0.1) is 5.82 Å². The molecule has 0 amide bonds.